The summed E-state index contributed by atoms with van der Waals surface area (Å²) < 4.78 is 35.4. The van der Waals surface area contributed by atoms with Crippen molar-refractivity contribution in [3.63, 3.8) is 0 Å². The normalized spacial score (nSPS) is 16.0. The third-order valence-corrected chi connectivity index (χ3v) is 1.89. The minimum absolute atomic E-state index is 0.155. The summed E-state index contributed by atoms with van der Waals surface area (Å²) in [5, 5.41) is 2.87. The van der Waals surface area contributed by atoms with Crippen LogP contribution in [0.1, 0.15) is 13.3 Å². The molecule has 1 nitrogen and oxygen atoms in total. The van der Waals surface area contributed by atoms with Crippen LogP contribution in [0, 0.1) is 0 Å². The highest BCUT2D eigenvalue weighted by Gasteiger charge is 2.29. The topological polar surface area (TPSA) is 12.0 Å². The van der Waals surface area contributed by atoms with Crippen LogP contribution in [0.4, 0.5) is 13.2 Å². The van der Waals surface area contributed by atoms with Crippen LogP contribution in [0.25, 0.3) is 0 Å². The molecule has 1 atom stereocenters. The molecule has 0 amide bonds. The number of hydrogen-bond donors (Lipinski definition) is 1. The second-order valence-corrected chi connectivity index (χ2v) is 3.36. The van der Waals surface area contributed by atoms with Gasteiger partial charge in [0.05, 0.1) is 6.42 Å². The van der Waals surface area contributed by atoms with Gasteiger partial charge in [-0.1, -0.05) is 23.2 Å². The van der Waals surface area contributed by atoms with Gasteiger partial charge in [-0.3, -0.25) is 0 Å². The van der Waals surface area contributed by atoms with Gasteiger partial charge in [-0.05, 0) is 6.92 Å². The van der Waals surface area contributed by atoms with Crippen molar-refractivity contribution >= 4 is 23.2 Å². The van der Waals surface area contributed by atoms with Crippen LogP contribution in [0.15, 0.2) is 10.6 Å². The highest BCUT2D eigenvalue weighted by Crippen LogP contribution is 2.21. The molecule has 0 bridgehead atoms. The minimum atomic E-state index is -4.15. The van der Waals surface area contributed by atoms with Crippen LogP contribution in [-0.2, 0) is 0 Å². The Morgan fingerprint density at radius 3 is 2.46 bits per heavy atom. The SMILES string of the molecule is CC(CC(F)(F)F)NCC(Cl)=CCl. The van der Waals surface area contributed by atoms with Crippen molar-refractivity contribution in [3.05, 3.63) is 10.6 Å². The maximum Gasteiger partial charge on any atom is 0.390 e. The molecule has 0 fully saturated rings. The molecule has 0 aliphatic heterocycles. The molecule has 78 valence electrons. The van der Waals surface area contributed by atoms with Gasteiger partial charge < -0.3 is 5.32 Å². The van der Waals surface area contributed by atoms with Gasteiger partial charge in [-0.2, -0.15) is 13.2 Å². The van der Waals surface area contributed by atoms with Crippen LogP contribution in [0.3, 0.4) is 0 Å². The van der Waals surface area contributed by atoms with Gasteiger partial charge in [0.15, 0.2) is 0 Å². The van der Waals surface area contributed by atoms with E-state index in [1.54, 1.807) is 0 Å². The zero-order valence-electron chi connectivity index (χ0n) is 6.96. The first-order valence-corrected chi connectivity index (χ1v) is 4.41. The molecule has 0 aromatic carbocycles. The average Bonchev–Trinajstić information content (AvgIpc) is 1.97. The molecule has 0 aromatic rings. The van der Waals surface area contributed by atoms with Crippen LogP contribution in [0.5, 0.6) is 0 Å². The molecule has 0 radical (unpaired) electrons. The summed E-state index contributed by atoms with van der Waals surface area (Å²) >= 11 is 10.7. The van der Waals surface area contributed by atoms with Crippen LogP contribution >= 0.6 is 23.2 Å². The minimum Gasteiger partial charge on any atom is -0.309 e. The maximum atomic E-state index is 11.8. The Labute approximate surface area is 84.9 Å². The predicted molar refractivity (Wildman–Crippen MR) is 47.9 cm³/mol. The van der Waals surface area contributed by atoms with Crippen LogP contribution < -0.4 is 5.32 Å². The molecule has 0 spiro atoms. The Bertz CT molecular complexity index is 179. The number of rotatable bonds is 4. The molecule has 0 rings (SSSR count). The third-order valence-electron chi connectivity index (χ3n) is 1.28. The fourth-order valence-corrected chi connectivity index (χ4v) is 0.884. The van der Waals surface area contributed by atoms with E-state index in [0.29, 0.717) is 0 Å². The quantitative estimate of drug-likeness (QED) is 0.790. The monoisotopic (exact) mass is 235 g/mol. The third kappa shape index (κ3) is 8.40. The zero-order chi connectivity index (χ0) is 10.5. The lowest BCUT2D eigenvalue weighted by Gasteiger charge is -2.15. The van der Waals surface area contributed by atoms with Crippen LogP contribution in [0.2, 0.25) is 0 Å². The standard InChI is InChI=1S/C7H10Cl2F3N/c1-5(2-7(10,11)12)13-4-6(9)3-8/h3,5,13H,2,4H2,1H3. The number of hydrogen-bond acceptors (Lipinski definition) is 1. The highest BCUT2D eigenvalue weighted by molar-refractivity contribution is 6.36. The molecule has 1 N–H and O–H groups in total. The van der Waals surface area contributed by atoms with Crippen molar-refractivity contribution in [2.75, 3.05) is 6.54 Å². The number of halogens is 5. The first-order valence-electron chi connectivity index (χ1n) is 3.60. The lowest BCUT2D eigenvalue weighted by molar-refractivity contribution is -0.138. The molecule has 0 saturated heterocycles. The summed E-state index contributed by atoms with van der Waals surface area (Å²) in [4.78, 5) is 0. The van der Waals surface area contributed by atoms with Crippen molar-refractivity contribution in [2.24, 2.45) is 0 Å². The first-order chi connectivity index (χ1) is 5.85. The highest BCUT2D eigenvalue weighted by atomic mass is 35.5. The average molecular weight is 236 g/mol. The maximum absolute atomic E-state index is 11.8. The summed E-state index contributed by atoms with van der Waals surface area (Å²) in [6, 6.07) is -0.662. The second-order valence-electron chi connectivity index (χ2n) is 2.66. The summed E-state index contributed by atoms with van der Waals surface area (Å²) in [6.07, 6.45) is -5.02. The molecule has 0 aliphatic rings. The van der Waals surface area contributed by atoms with E-state index < -0.39 is 18.6 Å². The van der Waals surface area contributed by atoms with Gasteiger partial charge in [-0.15, -0.1) is 0 Å². The molecular formula is C7H10Cl2F3N. The first kappa shape index (κ1) is 13.1. The van der Waals surface area contributed by atoms with Crippen molar-refractivity contribution in [2.45, 2.75) is 25.6 Å². The lowest BCUT2D eigenvalue weighted by atomic mass is 10.2. The van der Waals surface area contributed by atoms with Crippen molar-refractivity contribution in [3.8, 4) is 0 Å². The molecule has 0 aliphatic carbocycles. The molecule has 1 unspecified atom stereocenters. The molecule has 0 saturated carbocycles. The van der Waals surface area contributed by atoms with Gasteiger partial charge >= 0.3 is 6.18 Å². The molecule has 13 heavy (non-hydrogen) atoms. The molecular weight excluding hydrogens is 226 g/mol. The summed E-state index contributed by atoms with van der Waals surface area (Å²) in [7, 11) is 0. The van der Waals surface area contributed by atoms with E-state index in [-0.39, 0.29) is 11.6 Å². The fourth-order valence-electron chi connectivity index (χ4n) is 0.730. The van der Waals surface area contributed by atoms with Gasteiger partial charge in [0.2, 0.25) is 0 Å². The van der Waals surface area contributed by atoms with Gasteiger partial charge in [0.25, 0.3) is 0 Å². The summed E-state index contributed by atoms with van der Waals surface area (Å²) in [5.74, 6) is 0. The molecule has 0 heterocycles. The van der Waals surface area contributed by atoms with Crippen molar-refractivity contribution in [1.82, 2.24) is 5.32 Å². The Morgan fingerprint density at radius 1 is 1.54 bits per heavy atom. The van der Waals surface area contributed by atoms with E-state index in [0.717, 1.165) is 5.54 Å². The van der Waals surface area contributed by atoms with Gasteiger partial charge in [-0.25, -0.2) is 0 Å². The lowest BCUT2D eigenvalue weighted by Crippen LogP contribution is -2.31. The van der Waals surface area contributed by atoms with Gasteiger partial charge in [0.1, 0.15) is 0 Å². The number of alkyl halides is 3. The van der Waals surface area contributed by atoms with Crippen molar-refractivity contribution in [1.29, 1.82) is 0 Å². The summed E-state index contributed by atoms with van der Waals surface area (Å²) in [6.45, 7) is 1.59. The molecule has 0 aromatic heterocycles. The Kier molecular flexibility index (Phi) is 5.76. The van der Waals surface area contributed by atoms with E-state index in [9.17, 15) is 13.2 Å². The van der Waals surface area contributed by atoms with E-state index in [1.807, 2.05) is 0 Å². The van der Waals surface area contributed by atoms with Crippen LogP contribution in [-0.4, -0.2) is 18.8 Å². The Morgan fingerprint density at radius 2 is 2.08 bits per heavy atom. The van der Waals surface area contributed by atoms with Gasteiger partial charge in [0, 0.05) is 23.2 Å². The predicted octanol–water partition coefficient (Wildman–Crippen LogP) is 3.24. The number of nitrogens with one attached hydrogen (secondary N) is 1. The smallest absolute Gasteiger partial charge is 0.309 e. The largest absolute Gasteiger partial charge is 0.390 e. The van der Waals surface area contributed by atoms with E-state index >= 15 is 0 Å². The van der Waals surface area contributed by atoms with Crippen molar-refractivity contribution < 1.29 is 13.2 Å². The van der Waals surface area contributed by atoms with E-state index in [4.69, 9.17) is 23.2 Å². The Balaban J connectivity index is 3.70. The van der Waals surface area contributed by atoms with E-state index in [2.05, 4.69) is 5.32 Å². The molecule has 6 heteroatoms. The summed E-state index contributed by atoms with van der Waals surface area (Å²) in [5.41, 5.74) is 1.12. The van der Waals surface area contributed by atoms with E-state index in [1.165, 1.54) is 6.92 Å². The fraction of sp³-hybridized carbons (Fsp3) is 0.714. The zero-order valence-corrected chi connectivity index (χ0v) is 8.47. The second kappa shape index (κ2) is 5.73. The Hall–Kier alpha value is 0.0700.